The van der Waals surface area contributed by atoms with Crippen molar-refractivity contribution in [3.8, 4) is 5.75 Å². The number of aryl methyl sites for hydroxylation is 1. The molecular weight excluding hydrogens is 562 g/mol. The van der Waals surface area contributed by atoms with Crippen LogP contribution in [0.25, 0.3) is 6.08 Å². The zero-order chi connectivity index (χ0) is 30.3. The number of hydrogen-bond acceptors (Lipinski definition) is 9. The third-order valence-corrected chi connectivity index (χ3v) is 8.85. The smallest absolute Gasteiger partial charge is 0.241 e. The molecule has 3 saturated heterocycles. The van der Waals surface area contributed by atoms with Crippen LogP contribution in [0.2, 0.25) is 0 Å². The molecule has 42 heavy (non-hydrogen) atoms. The minimum absolute atomic E-state index is 0.0800. The Balaban J connectivity index is 1.53. The molecule has 3 aliphatic heterocycles. The Hall–Kier alpha value is -2.73. The number of sulfonamides is 1. The summed E-state index contributed by atoms with van der Waals surface area (Å²) in [5, 5.41) is 0. The van der Waals surface area contributed by atoms with Gasteiger partial charge in [0.1, 0.15) is 24.6 Å². The molecule has 0 unspecified atom stereocenters. The van der Waals surface area contributed by atoms with Gasteiger partial charge in [0.25, 0.3) is 0 Å². The molecule has 10 nitrogen and oxygen atoms in total. The monoisotopic (exact) mass is 601 g/mol. The molecule has 0 aromatic heterocycles. The van der Waals surface area contributed by atoms with Crippen molar-refractivity contribution in [2.75, 3.05) is 20.3 Å². The van der Waals surface area contributed by atoms with Crippen LogP contribution in [0.15, 0.2) is 64.9 Å². The summed E-state index contributed by atoms with van der Waals surface area (Å²) in [5.74, 6) is -2.23. The van der Waals surface area contributed by atoms with Crippen molar-refractivity contribution in [3.05, 3.63) is 71.1 Å². The van der Waals surface area contributed by atoms with Crippen molar-refractivity contribution in [1.29, 1.82) is 0 Å². The first-order valence-electron chi connectivity index (χ1n) is 13.9. The van der Waals surface area contributed by atoms with E-state index in [1.807, 2.05) is 45.0 Å². The number of ether oxygens (including phenoxy) is 7. The van der Waals surface area contributed by atoms with Crippen LogP contribution in [-0.4, -0.2) is 70.5 Å². The topological polar surface area (TPSA) is 111 Å². The molecule has 0 aliphatic carbocycles. The largest absolute Gasteiger partial charge is 0.497 e. The highest BCUT2D eigenvalue weighted by Gasteiger charge is 2.64. The summed E-state index contributed by atoms with van der Waals surface area (Å²) in [6.45, 7) is 11.1. The van der Waals surface area contributed by atoms with Crippen molar-refractivity contribution in [3.63, 3.8) is 0 Å². The van der Waals surface area contributed by atoms with Gasteiger partial charge in [-0.25, -0.2) is 13.1 Å². The van der Waals surface area contributed by atoms with Crippen molar-refractivity contribution in [1.82, 2.24) is 4.72 Å². The van der Waals surface area contributed by atoms with E-state index in [0.29, 0.717) is 5.75 Å². The van der Waals surface area contributed by atoms with Crippen LogP contribution in [0, 0.1) is 6.92 Å². The first kappa shape index (κ1) is 30.7. The van der Waals surface area contributed by atoms with Gasteiger partial charge in [0.15, 0.2) is 23.4 Å². The highest BCUT2D eigenvalue weighted by Crippen LogP contribution is 2.46. The summed E-state index contributed by atoms with van der Waals surface area (Å²) in [4.78, 5) is 0.138. The number of benzene rings is 2. The number of hydrogen-bond donors (Lipinski definition) is 1. The maximum atomic E-state index is 13.4. The van der Waals surface area contributed by atoms with Gasteiger partial charge in [0.2, 0.25) is 15.8 Å². The van der Waals surface area contributed by atoms with Gasteiger partial charge in [-0.15, -0.1) is 0 Å². The first-order chi connectivity index (χ1) is 19.7. The van der Waals surface area contributed by atoms with Crippen LogP contribution in [0.4, 0.5) is 0 Å². The second kappa shape index (κ2) is 11.4. The maximum Gasteiger partial charge on any atom is 0.241 e. The predicted molar refractivity (Wildman–Crippen MR) is 154 cm³/mol. The van der Waals surface area contributed by atoms with Gasteiger partial charge in [0.05, 0.1) is 24.7 Å². The Morgan fingerprint density at radius 2 is 1.71 bits per heavy atom. The molecule has 3 aliphatic rings. The van der Waals surface area contributed by atoms with Crippen LogP contribution < -0.4 is 9.46 Å². The zero-order valence-corrected chi connectivity index (χ0v) is 25.8. The molecule has 3 heterocycles. The zero-order valence-electron chi connectivity index (χ0n) is 25.0. The third kappa shape index (κ3) is 6.59. The van der Waals surface area contributed by atoms with Crippen LogP contribution in [0.1, 0.15) is 45.7 Å². The Morgan fingerprint density at radius 3 is 2.33 bits per heavy atom. The Kier molecular flexibility index (Phi) is 8.34. The number of nitrogens with one attached hydrogen (secondary N) is 1. The summed E-state index contributed by atoms with van der Waals surface area (Å²) >= 11 is 0. The van der Waals surface area contributed by atoms with Crippen LogP contribution >= 0.6 is 0 Å². The molecule has 5 atom stereocenters. The molecule has 11 heteroatoms. The number of methoxy groups -OCH3 is 1. The van der Waals surface area contributed by atoms with E-state index in [1.165, 1.54) is 0 Å². The van der Waals surface area contributed by atoms with Gasteiger partial charge in [-0.2, -0.15) is 0 Å². The predicted octanol–water partition coefficient (Wildman–Crippen LogP) is 4.28. The van der Waals surface area contributed by atoms with E-state index in [1.54, 1.807) is 58.2 Å². The molecule has 3 fully saturated rings. The molecule has 0 amide bonds. The summed E-state index contributed by atoms with van der Waals surface area (Å²) < 4.78 is 72.2. The Labute approximate surface area is 247 Å². The lowest BCUT2D eigenvalue weighted by Gasteiger charge is -2.44. The molecule has 2 aromatic carbocycles. The van der Waals surface area contributed by atoms with Gasteiger partial charge in [0, 0.05) is 0 Å². The minimum atomic E-state index is -3.90. The van der Waals surface area contributed by atoms with Crippen LogP contribution in [-0.2, 0) is 38.4 Å². The minimum Gasteiger partial charge on any atom is -0.497 e. The lowest BCUT2D eigenvalue weighted by atomic mass is 9.96. The quantitative estimate of drug-likeness (QED) is 0.350. The van der Waals surface area contributed by atoms with E-state index in [0.717, 1.165) is 11.1 Å². The second-order valence-electron chi connectivity index (χ2n) is 11.7. The molecule has 228 valence electrons. The summed E-state index contributed by atoms with van der Waals surface area (Å²) in [5.41, 5.74) is 4.94. The Bertz CT molecular complexity index is 1440. The van der Waals surface area contributed by atoms with E-state index < -0.39 is 51.7 Å². The molecular formula is C31H39NO9S. The van der Waals surface area contributed by atoms with Crippen molar-refractivity contribution in [2.45, 2.75) is 88.2 Å². The van der Waals surface area contributed by atoms with Gasteiger partial charge >= 0.3 is 0 Å². The fraction of sp³-hybridized carbons (Fsp3) is 0.516. The summed E-state index contributed by atoms with van der Waals surface area (Å²) in [6.07, 6.45) is -0.192. The van der Waals surface area contributed by atoms with Gasteiger partial charge in [-0.05, 0) is 77.4 Å². The van der Waals surface area contributed by atoms with E-state index in [2.05, 4.69) is 10.5 Å². The van der Waals surface area contributed by atoms with E-state index >= 15 is 0 Å². The highest BCUT2D eigenvalue weighted by molar-refractivity contribution is 7.89. The molecule has 0 radical (unpaired) electrons. The SMILES string of the molecule is COc1ccc(C=C=C(O[C@H]2[C@@H]3OC(C)(C)O[C@@H]3CO[C@]23COC(C)(C)O3)[C@H](C)NS(=O)(=O)c2ccc(C)cc2)cc1. The fourth-order valence-electron chi connectivity index (χ4n) is 5.25. The number of fused-ring (bicyclic) bond motifs is 1. The van der Waals surface area contributed by atoms with Gasteiger partial charge in [-0.1, -0.05) is 35.6 Å². The van der Waals surface area contributed by atoms with Crippen LogP contribution in [0.5, 0.6) is 5.75 Å². The lowest BCUT2D eigenvalue weighted by molar-refractivity contribution is -0.329. The van der Waals surface area contributed by atoms with Crippen LogP contribution in [0.3, 0.4) is 0 Å². The van der Waals surface area contributed by atoms with Gasteiger partial charge < -0.3 is 33.2 Å². The molecule has 1 spiro atoms. The lowest BCUT2D eigenvalue weighted by Crippen LogP contribution is -2.63. The van der Waals surface area contributed by atoms with E-state index in [9.17, 15) is 8.42 Å². The highest BCUT2D eigenvalue weighted by atomic mass is 32.2. The average molecular weight is 602 g/mol. The van der Waals surface area contributed by atoms with Crippen molar-refractivity contribution >= 4 is 16.1 Å². The first-order valence-corrected chi connectivity index (χ1v) is 15.4. The Morgan fingerprint density at radius 1 is 1.02 bits per heavy atom. The third-order valence-electron chi connectivity index (χ3n) is 7.29. The van der Waals surface area contributed by atoms with E-state index in [4.69, 9.17) is 33.2 Å². The normalized spacial score (nSPS) is 28.5. The standard InChI is InChI=1S/C31H39NO9S/c1-20-8-15-24(16-9-20)42(33,34)32-21(2)25(17-12-22-10-13-23(35-7)14-11-22)38-28-27-26(39-30(5,6)40-27)18-36-31(28)19-37-29(3,4)41-31/h8-16,21,26-28,32H,18-19H2,1-7H3/t17?,21-,26+,27+,28-,31-/m0/s1. The van der Waals surface area contributed by atoms with Crippen molar-refractivity contribution in [2.24, 2.45) is 0 Å². The second-order valence-corrected chi connectivity index (χ2v) is 13.4. The number of rotatable bonds is 8. The molecule has 0 saturated carbocycles. The molecule has 1 N–H and O–H groups in total. The summed E-state index contributed by atoms with van der Waals surface area (Å²) in [7, 11) is -2.30. The van der Waals surface area contributed by atoms with E-state index in [-0.39, 0.29) is 23.9 Å². The fourth-order valence-corrected chi connectivity index (χ4v) is 6.45. The molecule has 2 aromatic rings. The van der Waals surface area contributed by atoms with Crippen molar-refractivity contribution < 1.29 is 41.6 Å². The average Bonchev–Trinajstić information content (AvgIpc) is 3.42. The summed E-state index contributed by atoms with van der Waals surface area (Å²) in [6, 6.07) is 13.1. The maximum absolute atomic E-state index is 13.4. The van der Waals surface area contributed by atoms with Gasteiger partial charge in [-0.3, -0.25) is 0 Å². The molecule has 0 bridgehead atoms. The molecule has 5 rings (SSSR count).